The minimum Gasteiger partial charge on any atom is -0.472 e. The van der Waals surface area contributed by atoms with Crippen LogP contribution in [0.25, 0.3) is 0 Å². The lowest BCUT2D eigenvalue weighted by Crippen LogP contribution is -2.54. The summed E-state index contributed by atoms with van der Waals surface area (Å²) in [5.74, 6) is -0.108. The van der Waals surface area contributed by atoms with Gasteiger partial charge in [-0.25, -0.2) is 0 Å². The number of hydrogen-bond donors (Lipinski definition) is 1. The topological polar surface area (TPSA) is 95.0 Å². The first-order valence-electron chi connectivity index (χ1n) is 12.6. The van der Waals surface area contributed by atoms with Gasteiger partial charge >= 0.3 is 12.2 Å². The maximum Gasteiger partial charge on any atom is 0.416 e. The van der Waals surface area contributed by atoms with E-state index in [4.69, 9.17) is 18.9 Å². The van der Waals surface area contributed by atoms with Crippen LogP contribution in [0.4, 0.5) is 13.2 Å². The van der Waals surface area contributed by atoms with Gasteiger partial charge in [0, 0.05) is 44.5 Å². The third kappa shape index (κ3) is 6.72. The first kappa shape index (κ1) is 28.1. The highest BCUT2D eigenvalue weighted by molar-refractivity contribution is 5.94. The molecule has 2 saturated heterocycles. The number of aromatic nitrogens is 2. The zero-order valence-electron chi connectivity index (χ0n) is 21.7. The third-order valence-electron chi connectivity index (χ3n) is 6.96. The molecule has 0 radical (unpaired) electrons. The Kier molecular flexibility index (Phi) is 9.06. The van der Waals surface area contributed by atoms with Gasteiger partial charge in [0.25, 0.3) is 5.91 Å². The summed E-state index contributed by atoms with van der Waals surface area (Å²) >= 11 is 0. The predicted molar refractivity (Wildman–Crippen MR) is 131 cm³/mol. The molecule has 1 aromatic heterocycles. The molecule has 3 heterocycles. The van der Waals surface area contributed by atoms with Gasteiger partial charge in [0.2, 0.25) is 5.88 Å². The molecule has 1 aromatic carbocycles. The van der Waals surface area contributed by atoms with E-state index in [9.17, 15) is 18.0 Å². The highest BCUT2D eigenvalue weighted by Gasteiger charge is 2.32. The Labute approximate surface area is 219 Å². The zero-order valence-corrected chi connectivity index (χ0v) is 21.7. The van der Waals surface area contributed by atoms with Crippen LogP contribution in [0, 0.1) is 6.92 Å². The summed E-state index contributed by atoms with van der Waals surface area (Å²) in [6, 6.07) is 5.14. The van der Waals surface area contributed by atoms with Gasteiger partial charge < -0.3 is 29.2 Å². The average molecular weight is 539 g/mol. The summed E-state index contributed by atoms with van der Waals surface area (Å²) in [6.07, 6.45) is -1.93. The normalized spacial score (nSPS) is 20.8. The lowest BCUT2D eigenvalue weighted by Gasteiger charge is -2.38. The van der Waals surface area contributed by atoms with Crippen LogP contribution >= 0.6 is 0 Å². The molecule has 2 fully saturated rings. The van der Waals surface area contributed by atoms with E-state index < -0.39 is 11.7 Å². The molecule has 12 heteroatoms. The van der Waals surface area contributed by atoms with Gasteiger partial charge in [0.1, 0.15) is 12.3 Å². The van der Waals surface area contributed by atoms with E-state index >= 15 is 0 Å². The number of hydrogen-bond acceptors (Lipinski definition) is 8. The number of benzene rings is 1. The molecule has 2 aromatic rings. The van der Waals surface area contributed by atoms with Gasteiger partial charge in [0.05, 0.1) is 25.4 Å². The van der Waals surface area contributed by atoms with E-state index in [1.165, 1.54) is 19.2 Å². The molecule has 9 nitrogen and oxygen atoms in total. The highest BCUT2D eigenvalue weighted by Crippen LogP contribution is 2.30. The van der Waals surface area contributed by atoms with Crippen molar-refractivity contribution in [1.29, 1.82) is 0 Å². The molecular formula is C26H33F3N4O5. The standard InChI is InChI=1S/C26H33F3N4O5/c1-16-22(24(34)33-11-8-19(9-12-33)30-20-10-13-37-15-21(20)35-2)31-25(36-3)32-23(16)38-14-17-4-6-18(7-5-17)26(27,28)29/h4-7,19-21,30H,8-15H2,1-3H3/t20-,21+/m0/s1. The lowest BCUT2D eigenvalue weighted by molar-refractivity contribution is -0.137. The summed E-state index contributed by atoms with van der Waals surface area (Å²) < 4.78 is 60.5. The Morgan fingerprint density at radius 3 is 2.47 bits per heavy atom. The lowest BCUT2D eigenvalue weighted by atomic mass is 9.99. The van der Waals surface area contributed by atoms with Crippen LogP contribution in [0.1, 0.15) is 46.4 Å². The molecule has 0 spiro atoms. The van der Waals surface area contributed by atoms with Crippen molar-refractivity contribution in [3.63, 3.8) is 0 Å². The zero-order chi connectivity index (χ0) is 27.3. The van der Waals surface area contributed by atoms with Gasteiger partial charge in [-0.1, -0.05) is 12.1 Å². The molecule has 2 atom stereocenters. The van der Waals surface area contributed by atoms with Gasteiger partial charge in [0.15, 0.2) is 0 Å². The van der Waals surface area contributed by atoms with Crippen LogP contribution in [0.2, 0.25) is 0 Å². The molecule has 0 aliphatic carbocycles. The maximum atomic E-state index is 13.4. The number of carbonyl (C=O) groups excluding carboxylic acids is 1. The Hall–Kier alpha value is -2.96. The SMILES string of the molecule is COc1nc(OCc2ccc(C(F)(F)F)cc2)c(C)c(C(=O)N2CCC(N[C@H]3CCOC[C@H]3OC)CC2)n1. The van der Waals surface area contributed by atoms with Crippen molar-refractivity contribution >= 4 is 5.91 Å². The Morgan fingerprint density at radius 1 is 1.13 bits per heavy atom. The third-order valence-corrected chi connectivity index (χ3v) is 6.96. The van der Waals surface area contributed by atoms with Crippen molar-refractivity contribution in [2.24, 2.45) is 0 Å². The van der Waals surface area contributed by atoms with Gasteiger partial charge in [-0.3, -0.25) is 4.79 Å². The fraction of sp³-hybridized carbons (Fsp3) is 0.577. The molecule has 4 rings (SSSR count). The number of alkyl halides is 3. The second kappa shape index (κ2) is 12.3. The number of methoxy groups -OCH3 is 2. The molecule has 1 N–H and O–H groups in total. The molecule has 0 saturated carbocycles. The predicted octanol–water partition coefficient (Wildman–Crippen LogP) is 3.39. The molecule has 208 valence electrons. The fourth-order valence-corrected chi connectivity index (χ4v) is 4.69. The van der Waals surface area contributed by atoms with Crippen LogP contribution in [0.3, 0.4) is 0 Å². The summed E-state index contributed by atoms with van der Waals surface area (Å²) in [4.78, 5) is 23.6. The minimum absolute atomic E-state index is 0.0144. The van der Waals surface area contributed by atoms with Gasteiger partial charge in [-0.2, -0.15) is 23.1 Å². The Bertz CT molecular complexity index is 1090. The summed E-state index contributed by atoms with van der Waals surface area (Å²) in [7, 11) is 3.08. The molecule has 0 bridgehead atoms. The number of carbonyl (C=O) groups is 1. The number of ether oxygens (including phenoxy) is 4. The van der Waals surface area contributed by atoms with E-state index in [-0.39, 0.29) is 48.3 Å². The van der Waals surface area contributed by atoms with Gasteiger partial charge in [-0.15, -0.1) is 0 Å². The maximum absolute atomic E-state index is 13.4. The van der Waals surface area contributed by atoms with Gasteiger partial charge in [-0.05, 0) is 43.9 Å². The monoisotopic (exact) mass is 538 g/mol. The fourth-order valence-electron chi connectivity index (χ4n) is 4.69. The summed E-state index contributed by atoms with van der Waals surface area (Å²) in [5, 5.41) is 3.67. The first-order valence-corrected chi connectivity index (χ1v) is 12.6. The molecule has 38 heavy (non-hydrogen) atoms. The van der Waals surface area contributed by atoms with E-state index in [1.54, 1.807) is 18.9 Å². The molecular weight excluding hydrogens is 505 g/mol. The number of piperidine rings is 1. The van der Waals surface area contributed by atoms with Crippen LogP contribution < -0.4 is 14.8 Å². The average Bonchev–Trinajstić information content (AvgIpc) is 2.92. The Balaban J connectivity index is 1.39. The number of likely N-dealkylation sites (tertiary alicyclic amines) is 1. The number of nitrogens with zero attached hydrogens (tertiary/aromatic N) is 3. The highest BCUT2D eigenvalue weighted by atomic mass is 19.4. The number of nitrogens with one attached hydrogen (secondary N) is 1. The van der Waals surface area contributed by atoms with Crippen molar-refractivity contribution in [3.8, 4) is 11.9 Å². The quantitative estimate of drug-likeness (QED) is 0.547. The van der Waals surface area contributed by atoms with Crippen molar-refractivity contribution in [2.75, 3.05) is 40.5 Å². The molecule has 1 amide bonds. The number of rotatable bonds is 8. The number of halogens is 3. The number of amides is 1. The largest absolute Gasteiger partial charge is 0.472 e. The van der Waals surface area contributed by atoms with Crippen LogP contribution in [0.15, 0.2) is 24.3 Å². The molecule has 2 aliphatic heterocycles. The van der Waals surface area contributed by atoms with E-state index in [0.717, 1.165) is 31.4 Å². The first-order chi connectivity index (χ1) is 18.2. The second-order valence-corrected chi connectivity index (χ2v) is 9.45. The summed E-state index contributed by atoms with van der Waals surface area (Å²) in [6.45, 7) is 4.05. The Morgan fingerprint density at radius 2 is 1.84 bits per heavy atom. The summed E-state index contributed by atoms with van der Waals surface area (Å²) in [5.41, 5.74) is 0.402. The van der Waals surface area contributed by atoms with Crippen LogP contribution in [0.5, 0.6) is 11.9 Å². The minimum atomic E-state index is -4.41. The van der Waals surface area contributed by atoms with Crippen LogP contribution in [-0.4, -0.2) is 79.5 Å². The van der Waals surface area contributed by atoms with Crippen molar-refractivity contribution < 1.29 is 36.9 Å². The second-order valence-electron chi connectivity index (χ2n) is 9.45. The molecule has 0 unspecified atom stereocenters. The van der Waals surface area contributed by atoms with E-state index in [1.807, 2.05) is 0 Å². The van der Waals surface area contributed by atoms with E-state index in [0.29, 0.717) is 37.4 Å². The smallest absolute Gasteiger partial charge is 0.416 e. The van der Waals surface area contributed by atoms with Crippen LogP contribution in [-0.2, 0) is 22.3 Å². The van der Waals surface area contributed by atoms with E-state index in [2.05, 4.69) is 15.3 Å². The molecule has 2 aliphatic rings. The van der Waals surface area contributed by atoms with Crippen molar-refractivity contribution in [3.05, 3.63) is 46.6 Å². The van der Waals surface area contributed by atoms with Crippen molar-refractivity contribution in [2.45, 2.75) is 57.2 Å². The van der Waals surface area contributed by atoms with Crippen molar-refractivity contribution in [1.82, 2.24) is 20.2 Å².